The third-order valence-corrected chi connectivity index (χ3v) is 2.80. The minimum Gasteiger partial charge on any atom is -0.234 e. The molecule has 0 spiro atoms. The monoisotopic (exact) mass is 272 g/mol. The first-order chi connectivity index (χ1) is 9.06. The molecule has 19 heavy (non-hydrogen) atoms. The molecule has 0 N–H and O–H groups in total. The lowest BCUT2D eigenvalue weighted by molar-refractivity contribution is 0.721. The van der Waals surface area contributed by atoms with E-state index in [-0.39, 0.29) is 11.4 Å². The second kappa shape index (κ2) is 5.05. The average molecular weight is 273 g/mol. The van der Waals surface area contributed by atoms with E-state index >= 15 is 0 Å². The highest BCUT2D eigenvalue weighted by atomic mass is 35.5. The van der Waals surface area contributed by atoms with Crippen LogP contribution in [0.3, 0.4) is 0 Å². The summed E-state index contributed by atoms with van der Waals surface area (Å²) in [5.41, 5.74) is 0.892. The van der Waals surface area contributed by atoms with Crippen LogP contribution in [0.2, 0.25) is 5.02 Å². The van der Waals surface area contributed by atoms with Crippen LogP contribution >= 0.6 is 11.6 Å². The molecule has 2 aromatic rings. The number of hydrogen-bond acceptors (Lipinski definition) is 5. The fourth-order valence-electron chi connectivity index (χ4n) is 1.46. The van der Waals surface area contributed by atoms with Crippen LogP contribution in [0, 0.1) is 22.7 Å². The average Bonchev–Trinajstić information content (AvgIpc) is 2.81. The second-order valence-electron chi connectivity index (χ2n) is 4.14. The van der Waals surface area contributed by atoms with Crippen LogP contribution < -0.4 is 0 Å². The van der Waals surface area contributed by atoms with Gasteiger partial charge in [0.1, 0.15) is 12.1 Å². The molecule has 0 aliphatic carbocycles. The molecule has 7 heteroatoms. The Kier molecular flexibility index (Phi) is 3.46. The molecular weight excluding hydrogens is 264 g/mol. The van der Waals surface area contributed by atoms with E-state index in [2.05, 4.69) is 15.2 Å². The molecule has 0 fully saturated rings. The minimum atomic E-state index is -0.0479. The van der Waals surface area contributed by atoms with E-state index in [1.807, 2.05) is 13.8 Å². The van der Waals surface area contributed by atoms with E-state index in [0.717, 1.165) is 10.4 Å². The van der Waals surface area contributed by atoms with Crippen molar-refractivity contribution in [2.75, 3.05) is 0 Å². The fourth-order valence-corrected chi connectivity index (χ4v) is 1.71. The third kappa shape index (κ3) is 2.40. The first-order valence-corrected chi connectivity index (χ1v) is 5.88. The highest BCUT2D eigenvalue weighted by molar-refractivity contribution is 6.32. The second-order valence-corrected chi connectivity index (χ2v) is 4.55. The quantitative estimate of drug-likeness (QED) is 0.835. The summed E-state index contributed by atoms with van der Waals surface area (Å²) in [5.74, 6) is 0.595. The summed E-state index contributed by atoms with van der Waals surface area (Å²) in [7, 11) is 0. The molecule has 2 aromatic heterocycles. The number of halogens is 1. The molecule has 0 radical (unpaired) electrons. The van der Waals surface area contributed by atoms with Crippen LogP contribution in [-0.2, 0) is 0 Å². The van der Waals surface area contributed by atoms with Gasteiger partial charge in [0.15, 0.2) is 5.82 Å². The van der Waals surface area contributed by atoms with Gasteiger partial charge < -0.3 is 0 Å². The zero-order chi connectivity index (χ0) is 14.0. The Hall–Kier alpha value is -2.44. The lowest BCUT2D eigenvalue weighted by Gasteiger charge is -2.07. The molecule has 0 aromatic carbocycles. The van der Waals surface area contributed by atoms with Crippen molar-refractivity contribution in [2.24, 2.45) is 0 Å². The van der Waals surface area contributed by atoms with Crippen molar-refractivity contribution in [2.45, 2.75) is 19.8 Å². The number of pyridine rings is 1. The van der Waals surface area contributed by atoms with Crippen molar-refractivity contribution < 1.29 is 0 Å². The zero-order valence-electron chi connectivity index (χ0n) is 10.3. The maximum Gasteiger partial charge on any atom is 0.201 e. The standard InChI is InChI=1S/C12H9ClN6/c1-7(2)8-3-9(13)12(16-6-8)19-17-10(4-14)11(5-15)18-19/h3,6-7H,1-2H3. The van der Waals surface area contributed by atoms with Crippen LogP contribution in [0.15, 0.2) is 12.3 Å². The molecule has 0 atom stereocenters. The van der Waals surface area contributed by atoms with Crippen molar-refractivity contribution >= 4 is 11.6 Å². The highest BCUT2D eigenvalue weighted by Crippen LogP contribution is 2.22. The first kappa shape index (κ1) is 13.0. The van der Waals surface area contributed by atoms with Crippen molar-refractivity contribution in [3.05, 3.63) is 34.2 Å². The Morgan fingerprint density at radius 2 is 1.79 bits per heavy atom. The SMILES string of the molecule is CC(C)c1cnc(-n2nc(C#N)c(C#N)n2)c(Cl)c1. The summed E-state index contributed by atoms with van der Waals surface area (Å²) in [5, 5.41) is 25.8. The van der Waals surface area contributed by atoms with Crippen molar-refractivity contribution in [1.29, 1.82) is 10.5 Å². The molecular formula is C12H9ClN6. The van der Waals surface area contributed by atoms with E-state index < -0.39 is 0 Å². The van der Waals surface area contributed by atoms with Crippen LogP contribution in [-0.4, -0.2) is 20.0 Å². The molecule has 0 bridgehead atoms. The van der Waals surface area contributed by atoms with E-state index in [1.165, 1.54) is 0 Å². The Morgan fingerprint density at radius 3 is 2.21 bits per heavy atom. The number of rotatable bonds is 2. The highest BCUT2D eigenvalue weighted by Gasteiger charge is 2.15. The summed E-state index contributed by atoms with van der Waals surface area (Å²) in [6, 6.07) is 5.37. The number of nitrogens with zero attached hydrogens (tertiary/aromatic N) is 6. The topological polar surface area (TPSA) is 91.2 Å². The molecule has 0 saturated heterocycles. The summed E-state index contributed by atoms with van der Waals surface area (Å²) in [4.78, 5) is 5.28. The van der Waals surface area contributed by atoms with Gasteiger partial charge in [0.2, 0.25) is 11.4 Å². The van der Waals surface area contributed by atoms with Crippen LogP contribution in [0.5, 0.6) is 0 Å². The van der Waals surface area contributed by atoms with Crippen molar-refractivity contribution in [1.82, 2.24) is 20.0 Å². The Morgan fingerprint density at radius 1 is 1.21 bits per heavy atom. The minimum absolute atomic E-state index is 0.0479. The summed E-state index contributed by atoms with van der Waals surface area (Å²) in [6.07, 6.45) is 1.67. The van der Waals surface area contributed by atoms with Gasteiger partial charge in [0, 0.05) is 6.20 Å². The Bertz CT molecular complexity index is 672. The number of hydrogen-bond donors (Lipinski definition) is 0. The predicted octanol–water partition coefficient (Wildman–Crippen LogP) is 2.18. The van der Waals surface area contributed by atoms with Crippen LogP contribution in [0.1, 0.15) is 36.7 Å². The lowest BCUT2D eigenvalue weighted by atomic mass is 10.1. The van der Waals surface area contributed by atoms with Gasteiger partial charge in [0.25, 0.3) is 0 Å². The van der Waals surface area contributed by atoms with Crippen LogP contribution in [0.4, 0.5) is 0 Å². The van der Waals surface area contributed by atoms with E-state index in [1.54, 1.807) is 24.4 Å². The van der Waals surface area contributed by atoms with Gasteiger partial charge in [-0.3, -0.25) is 0 Å². The van der Waals surface area contributed by atoms with E-state index in [9.17, 15) is 0 Å². The molecule has 0 aliphatic heterocycles. The smallest absolute Gasteiger partial charge is 0.201 e. The van der Waals surface area contributed by atoms with Crippen LogP contribution in [0.25, 0.3) is 5.82 Å². The van der Waals surface area contributed by atoms with Gasteiger partial charge in [-0.1, -0.05) is 25.4 Å². The summed E-state index contributed by atoms with van der Waals surface area (Å²) >= 11 is 6.13. The predicted molar refractivity (Wildman–Crippen MR) is 67.7 cm³/mol. The van der Waals surface area contributed by atoms with E-state index in [4.69, 9.17) is 22.1 Å². The molecule has 6 nitrogen and oxygen atoms in total. The van der Waals surface area contributed by atoms with Gasteiger partial charge in [0.05, 0.1) is 5.02 Å². The third-order valence-electron chi connectivity index (χ3n) is 2.52. The lowest BCUT2D eigenvalue weighted by Crippen LogP contribution is -2.04. The summed E-state index contributed by atoms with van der Waals surface area (Å²) in [6.45, 7) is 4.06. The molecule has 0 unspecified atom stereocenters. The van der Waals surface area contributed by atoms with Crippen molar-refractivity contribution in [3.63, 3.8) is 0 Å². The Labute approximate surface area is 114 Å². The molecule has 0 saturated carbocycles. The molecule has 2 heterocycles. The largest absolute Gasteiger partial charge is 0.234 e. The molecule has 2 rings (SSSR count). The normalized spacial score (nSPS) is 10.2. The zero-order valence-corrected chi connectivity index (χ0v) is 11.0. The van der Waals surface area contributed by atoms with Gasteiger partial charge in [-0.25, -0.2) is 4.98 Å². The maximum absolute atomic E-state index is 8.83. The Balaban J connectivity index is 2.52. The van der Waals surface area contributed by atoms with Gasteiger partial charge in [-0.2, -0.15) is 10.5 Å². The number of aromatic nitrogens is 4. The van der Waals surface area contributed by atoms with Gasteiger partial charge in [-0.15, -0.1) is 15.0 Å². The maximum atomic E-state index is 8.83. The molecule has 94 valence electrons. The summed E-state index contributed by atoms with van der Waals surface area (Å²) < 4.78 is 0. The number of nitriles is 2. The van der Waals surface area contributed by atoms with Crippen molar-refractivity contribution in [3.8, 4) is 18.0 Å². The van der Waals surface area contributed by atoms with E-state index in [0.29, 0.717) is 16.8 Å². The first-order valence-electron chi connectivity index (χ1n) is 5.50. The fraction of sp³-hybridized carbons (Fsp3) is 0.250. The molecule has 0 aliphatic rings. The molecule has 0 amide bonds. The van der Waals surface area contributed by atoms with Gasteiger partial charge in [-0.05, 0) is 17.5 Å². The van der Waals surface area contributed by atoms with Gasteiger partial charge >= 0.3 is 0 Å².